The molecule has 7 heteroatoms. The van der Waals surface area contributed by atoms with Crippen molar-refractivity contribution in [2.24, 2.45) is 0 Å². The highest BCUT2D eigenvalue weighted by Crippen LogP contribution is 2.34. The number of rotatable bonds is 3. The van der Waals surface area contributed by atoms with Crippen molar-refractivity contribution < 1.29 is 13.7 Å². The molecule has 26 heavy (non-hydrogen) atoms. The molecule has 132 valence electrons. The van der Waals surface area contributed by atoms with E-state index in [9.17, 15) is 9.18 Å². The van der Waals surface area contributed by atoms with Gasteiger partial charge >= 0.3 is 0 Å². The van der Waals surface area contributed by atoms with Crippen LogP contribution in [0.3, 0.4) is 0 Å². The lowest BCUT2D eigenvalue weighted by Gasteiger charge is -2.18. The van der Waals surface area contributed by atoms with Crippen LogP contribution in [0, 0.1) is 12.7 Å². The van der Waals surface area contributed by atoms with Crippen LogP contribution >= 0.6 is 11.6 Å². The average molecular weight is 372 g/mol. The van der Waals surface area contributed by atoms with E-state index in [1.807, 2.05) is 18.2 Å². The van der Waals surface area contributed by atoms with Crippen molar-refractivity contribution in [2.45, 2.75) is 19.3 Å². The van der Waals surface area contributed by atoms with E-state index in [1.165, 1.54) is 12.1 Å². The fraction of sp³-hybridized carbons (Fsp3) is 0.211. The fourth-order valence-electron chi connectivity index (χ4n) is 3.18. The van der Waals surface area contributed by atoms with Gasteiger partial charge in [0.25, 0.3) is 0 Å². The summed E-state index contributed by atoms with van der Waals surface area (Å²) in [6, 6.07) is 11.6. The first-order chi connectivity index (χ1) is 12.5. The molecule has 1 aliphatic heterocycles. The summed E-state index contributed by atoms with van der Waals surface area (Å²) in [7, 11) is 0. The predicted octanol–water partition coefficient (Wildman–Crippen LogP) is 4.36. The second-order valence-corrected chi connectivity index (χ2v) is 6.68. The second-order valence-electron chi connectivity index (χ2n) is 6.27. The number of carbonyl (C=O) groups excluding carboxylic acids is 1. The van der Waals surface area contributed by atoms with Gasteiger partial charge in [0, 0.05) is 24.2 Å². The smallest absolute Gasteiger partial charge is 0.232 e. The van der Waals surface area contributed by atoms with Crippen LogP contribution in [-0.2, 0) is 4.79 Å². The second kappa shape index (κ2) is 6.53. The molecule has 3 aromatic rings. The standard InChI is InChI=1S/C19H15ClFN3O2/c1-11-8-13(21)6-7-16(11)24-10-12(9-17(24)25)19-22-18(23-26-19)14-4-2-3-5-15(14)20/h2-8,12H,9-10H2,1H3. The molecule has 1 aliphatic rings. The SMILES string of the molecule is Cc1cc(F)ccc1N1CC(c2nc(-c3ccccc3Cl)no2)CC1=O. The van der Waals surface area contributed by atoms with Crippen LogP contribution in [0.15, 0.2) is 47.0 Å². The topological polar surface area (TPSA) is 59.2 Å². The lowest BCUT2D eigenvalue weighted by atomic mass is 10.1. The first-order valence-electron chi connectivity index (χ1n) is 8.18. The summed E-state index contributed by atoms with van der Waals surface area (Å²) in [5, 5.41) is 4.53. The van der Waals surface area contributed by atoms with E-state index in [1.54, 1.807) is 24.0 Å². The molecular formula is C19H15ClFN3O2. The molecule has 1 fully saturated rings. The van der Waals surface area contributed by atoms with Gasteiger partial charge in [-0.05, 0) is 42.8 Å². The van der Waals surface area contributed by atoms with Gasteiger partial charge in [-0.3, -0.25) is 4.79 Å². The molecule has 2 aromatic carbocycles. The number of hydrogen-bond acceptors (Lipinski definition) is 4. The zero-order valence-electron chi connectivity index (χ0n) is 13.9. The normalized spacial score (nSPS) is 17.1. The third kappa shape index (κ3) is 2.97. The Labute approximate surface area is 154 Å². The van der Waals surface area contributed by atoms with Crippen molar-refractivity contribution in [3.05, 3.63) is 64.8 Å². The average Bonchev–Trinajstić information content (AvgIpc) is 3.22. The maximum absolute atomic E-state index is 13.3. The molecule has 1 atom stereocenters. The van der Waals surface area contributed by atoms with Gasteiger partial charge in [0.1, 0.15) is 5.82 Å². The minimum Gasteiger partial charge on any atom is -0.339 e. The van der Waals surface area contributed by atoms with Crippen molar-refractivity contribution in [1.82, 2.24) is 10.1 Å². The molecule has 0 radical (unpaired) electrons. The molecule has 0 aliphatic carbocycles. The van der Waals surface area contributed by atoms with Gasteiger partial charge in [-0.15, -0.1) is 0 Å². The van der Waals surface area contributed by atoms with E-state index in [0.29, 0.717) is 40.1 Å². The molecule has 1 amide bonds. The zero-order chi connectivity index (χ0) is 18.3. The number of aromatic nitrogens is 2. The van der Waals surface area contributed by atoms with Gasteiger partial charge in [0.15, 0.2) is 0 Å². The molecule has 4 rings (SSSR count). The predicted molar refractivity (Wildman–Crippen MR) is 95.6 cm³/mol. The lowest BCUT2D eigenvalue weighted by Crippen LogP contribution is -2.25. The van der Waals surface area contributed by atoms with Crippen molar-refractivity contribution in [2.75, 3.05) is 11.4 Å². The van der Waals surface area contributed by atoms with Gasteiger partial charge in [-0.25, -0.2) is 4.39 Å². The number of halogens is 2. The first kappa shape index (κ1) is 16.7. The van der Waals surface area contributed by atoms with Crippen LogP contribution in [0.2, 0.25) is 5.02 Å². The quantitative estimate of drug-likeness (QED) is 0.686. The van der Waals surface area contributed by atoms with Crippen molar-refractivity contribution in [1.29, 1.82) is 0 Å². The van der Waals surface area contributed by atoms with Crippen LogP contribution in [0.1, 0.15) is 23.8 Å². The number of aryl methyl sites for hydroxylation is 1. The van der Waals surface area contributed by atoms with E-state index in [4.69, 9.17) is 16.1 Å². The Hall–Kier alpha value is -2.73. The van der Waals surface area contributed by atoms with Crippen LogP contribution in [-0.4, -0.2) is 22.6 Å². The molecule has 0 N–H and O–H groups in total. The Bertz CT molecular complexity index is 988. The van der Waals surface area contributed by atoms with Crippen LogP contribution in [0.25, 0.3) is 11.4 Å². The highest BCUT2D eigenvalue weighted by Gasteiger charge is 2.35. The van der Waals surface area contributed by atoms with E-state index >= 15 is 0 Å². The van der Waals surface area contributed by atoms with Gasteiger partial charge in [-0.2, -0.15) is 4.98 Å². The molecule has 2 heterocycles. The van der Waals surface area contributed by atoms with Crippen LogP contribution in [0.5, 0.6) is 0 Å². The summed E-state index contributed by atoms with van der Waals surface area (Å²) in [5.41, 5.74) is 2.09. The molecule has 0 spiro atoms. The summed E-state index contributed by atoms with van der Waals surface area (Å²) in [4.78, 5) is 18.5. The van der Waals surface area contributed by atoms with Crippen LogP contribution < -0.4 is 4.90 Å². The molecule has 0 saturated carbocycles. The summed E-state index contributed by atoms with van der Waals surface area (Å²) in [5.74, 6) is 0.207. The summed E-state index contributed by atoms with van der Waals surface area (Å²) < 4.78 is 18.7. The van der Waals surface area contributed by atoms with Crippen LogP contribution in [0.4, 0.5) is 10.1 Å². The Morgan fingerprint density at radius 3 is 2.85 bits per heavy atom. The Balaban J connectivity index is 1.59. The number of anilines is 1. The van der Waals surface area contributed by atoms with Crippen molar-refractivity contribution in [3.8, 4) is 11.4 Å². The molecule has 1 aromatic heterocycles. The third-order valence-corrected chi connectivity index (χ3v) is 4.81. The number of carbonyl (C=O) groups is 1. The fourth-order valence-corrected chi connectivity index (χ4v) is 3.40. The largest absolute Gasteiger partial charge is 0.339 e. The highest BCUT2D eigenvalue weighted by atomic mass is 35.5. The highest BCUT2D eigenvalue weighted by molar-refractivity contribution is 6.33. The van der Waals surface area contributed by atoms with E-state index in [-0.39, 0.29) is 24.1 Å². The van der Waals surface area contributed by atoms with Crippen molar-refractivity contribution in [3.63, 3.8) is 0 Å². The molecule has 1 saturated heterocycles. The number of hydrogen-bond donors (Lipinski definition) is 0. The van der Waals surface area contributed by atoms with Gasteiger partial charge < -0.3 is 9.42 Å². The maximum Gasteiger partial charge on any atom is 0.232 e. The summed E-state index contributed by atoms with van der Waals surface area (Å²) >= 11 is 6.17. The first-order valence-corrected chi connectivity index (χ1v) is 8.56. The third-order valence-electron chi connectivity index (χ3n) is 4.48. The van der Waals surface area contributed by atoms with Crippen molar-refractivity contribution >= 4 is 23.2 Å². The lowest BCUT2D eigenvalue weighted by molar-refractivity contribution is -0.117. The summed E-state index contributed by atoms with van der Waals surface area (Å²) in [6.07, 6.45) is 0.265. The summed E-state index contributed by atoms with van der Waals surface area (Å²) in [6.45, 7) is 2.19. The molecule has 0 bridgehead atoms. The minimum absolute atomic E-state index is 0.0535. The maximum atomic E-state index is 13.3. The Kier molecular flexibility index (Phi) is 4.20. The molecular weight excluding hydrogens is 357 g/mol. The Morgan fingerprint density at radius 2 is 2.08 bits per heavy atom. The number of amides is 1. The molecule has 5 nitrogen and oxygen atoms in total. The van der Waals surface area contributed by atoms with Gasteiger partial charge in [0.2, 0.25) is 17.6 Å². The van der Waals surface area contributed by atoms with E-state index in [2.05, 4.69) is 10.1 Å². The number of benzene rings is 2. The Morgan fingerprint density at radius 1 is 1.27 bits per heavy atom. The van der Waals surface area contributed by atoms with Gasteiger partial charge in [0.05, 0.1) is 10.9 Å². The van der Waals surface area contributed by atoms with E-state index in [0.717, 1.165) is 0 Å². The molecule has 1 unspecified atom stereocenters. The van der Waals surface area contributed by atoms with Gasteiger partial charge in [-0.1, -0.05) is 28.9 Å². The number of nitrogens with zero attached hydrogens (tertiary/aromatic N) is 3. The monoisotopic (exact) mass is 371 g/mol. The minimum atomic E-state index is -0.323. The zero-order valence-corrected chi connectivity index (χ0v) is 14.7. The van der Waals surface area contributed by atoms with E-state index < -0.39 is 0 Å².